The molecule has 0 saturated carbocycles. The van der Waals surface area contributed by atoms with E-state index in [1.54, 1.807) is 14.2 Å². The van der Waals surface area contributed by atoms with E-state index in [4.69, 9.17) is 14.2 Å². The number of carbonyl (C=O) groups is 1. The Balaban J connectivity index is 1.83. The summed E-state index contributed by atoms with van der Waals surface area (Å²) < 4.78 is 15.8. The molecule has 0 bridgehead atoms. The van der Waals surface area contributed by atoms with Crippen LogP contribution in [0.4, 0.5) is 0 Å². The van der Waals surface area contributed by atoms with E-state index in [1.165, 1.54) is 0 Å². The standard InChI is InChI=1S/C15H22N2O4/c1-19-13-4-3-11(7-14(13)20-2)9-17-15(18)8-12-10-21-6-5-16-12/h3-4,7,12,16H,5-6,8-10H2,1-2H3,(H,17,18). The minimum atomic E-state index is 0.00721. The van der Waals surface area contributed by atoms with Gasteiger partial charge in [0.1, 0.15) is 0 Å². The number of morpholine rings is 1. The fraction of sp³-hybridized carbons (Fsp3) is 0.533. The lowest BCUT2D eigenvalue weighted by atomic mass is 10.1. The lowest BCUT2D eigenvalue weighted by Crippen LogP contribution is -2.44. The Kier molecular flexibility index (Phi) is 5.83. The molecule has 1 fully saturated rings. The maximum absolute atomic E-state index is 11.9. The number of ether oxygens (including phenoxy) is 3. The third-order valence-corrected chi connectivity index (χ3v) is 3.37. The molecule has 6 heteroatoms. The van der Waals surface area contributed by atoms with Crippen molar-refractivity contribution in [1.29, 1.82) is 0 Å². The van der Waals surface area contributed by atoms with Crippen LogP contribution in [0.1, 0.15) is 12.0 Å². The quantitative estimate of drug-likeness (QED) is 0.808. The van der Waals surface area contributed by atoms with Gasteiger partial charge < -0.3 is 24.8 Å². The van der Waals surface area contributed by atoms with Crippen molar-refractivity contribution in [2.24, 2.45) is 0 Å². The number of hydrogen-bond donors (Lipinski definition) is 2. The molecule has 0 radical (unpaired) electrons. The first-order chi connectivity index (χ1) is 10.2. The smallest absolute Gasteiger partial charge is 0.221 e. The molecule has 0 aliphatic carbocycles. The molecule has 116 valence electrons. The zero-order valence-corrected chi connectivity index (χ0v) is 12.5. The van der Waals surface area contributed by atoms with Gasteiger partial charge in [-0.3, -0.25) is 4.79 Å². The molecule has 2 rings (SSSR count). The van der Waals surface area contributed by atoms with Gasteiger partial charge in [0.15, 0.2) is 11.5 Å². The summed E-state index contributed by atoms with van der Waals surface area (Å²) in [6, 6.07) is 5.70. The SMILES string of the molecule is COc1ccc(CNC(=O)CC2COCCN2)cc1OC. The van der Waals surface area contributed by atoms with E-state index < -0.39 is 0 Å². The Hall–Kier alpha value is -1.79. The minimum absolute atomic E-state index is 0.00721. The second kappa shape index (κ2) is 7.85. The van der Waals surface area contributed by atoms with Gasteiger partial charge in [-0.25, -0.2) is 0 Å². The largest absolute Gasteiger partial charge is 0.493 e. The Bertz CT molecular complexity index is 473. The zero-order chi connectivity index (χ0) is 15.1. The number of rotatable bonds is 6. The van der Waals surface area contributed by atoms with E-state index in [-0.39, 0.29) is 11.9 Å². The lowest BCUT2D eigenvalue weighted by Gasteiger charge is -2.23. The first kappa shape index (κ1) is 15.6. The summed E-state index contributed by atoms with van der Waals surface area (Å²) in [5.41, 5.74) is 0.967. The fourth-order valence-electron chi connectivity index (χ4n) is 2.24. The van der Waals surface area contributed by atoms with Gasteiger partial charge in [0.2, 0.25) is 5.91 Å². The molecule has 1 aliphatic heterocycles. The number of benzene rings is 1. The van der Waals surface area contributed by atoms with Gasteiger partial charge >= 0.3 is 0 Å². The summed E-state index contributed by atoms with van der Waals surface area (Å²) in [5.74, 6) is 1.34. The van der Waals surface area contributed by atoms with Crippen molar-refractivity contribution >= 4 is 5.91 Å². The van der Waals surface area contributed by atoms with E-state index in [1.807, 2.05) is 18.2 Å². The maximum atomic E-state index is 11.9. The van der Waals surface area contributed by atoms with Crippen molar-refractivity contribution in [2.75, 3.05) is 34.0 Å². The van der Waals surface area contributed by atoms with Gasteiger partial charge in [-0.2, -0.15) is 0 Å². The Labute approximate surface area is 124 Å². The molecule has 1 unspecified atom stereocenters. The summed E-state index contributed by atoms with van der Waals surface area (Å²) in [5, 5.41) is 6.16. The average Bonchev–Trinajstić information content (AvgIpc) is 2.53. The molecule has 1 saturated heterocycles. The van der Waals surface area contributed by atoms with Crippen LogP contribution < -0.4 is 20.1 Å². The highest BCUT2D eigenvalue weighted by molar-refractivity contribution is 5.76. The Morgan fingerprint density at radius 3 is 2.86 bits per heavy atom. The molecule has 1 aromatic carbocycles. The van der Waals surface area contributed by atoms with Crippen LogP contribution in [0.5, 0.6) is 11.5 Å². The molecular weight excluding hydrogens is 272 g/mol. The topological polar surface area (TPSA) is 68.8 Å². The third-order valence-electron chi connectivity index (χ3n) is 3.37. The van der Waals surface area contributed by atoms with Gasteiger partial charge in [0.05, 0.1) is 27.4 Å². The van der Waals surface area contributed by atoms with Crippen LogP contribution in [-0.2, 0) is 16.1 Å². The van der Waals surface area contributed by atoms with Crippen LogP contribution in [0.15, 0.2) is 18.2 Å². The first-order valence-corrected chi connectivity index (χ1v) is 7.01. The number of nitrogens with one attached hydrogen (secondary N) is 2. The predicted octanol–water partition coefficient (Wildman–Crippen LogP) is 0.699. The summed E-state index contributed by atoms with van der Waals surface area (Å²) in [6.07, 6.45) is 0.424. The van der Waals surface area contributed by atoms with Gasteiger partial charge in [-0.1, -0.05) is 6.07 Å². The van der Waals surface area contributed by atoms with E-state index in [0.29, 0.717) is 37.7 Å². The maximum Gasteiger partial charge on any atom is 0.221 e. The molecule has 0 aromatic heterocycles. The highest BCUT2D eigenvalue weighted by Crippen LogP contribution is 2.27. The van der Waals surface area contributed by atoms with E-state index in [9.17, 15) is 4.79 Å². The molecule has 6 nitrogen and oxygen atoms in total. The second-order valence-corrected chi connectivity index (χ2v) is 4.90. The van der Waals surface area contributed by atoms with Crippen LogP contribution >= 0.6 is 0 Å². The molecular formula is C15H22N2O4. The van der Waals surface area contributed by atoms with Gasteiger partial charge in [0, 0.05) is 25.6 Å². The second-order valence-electron chi connectivity index (χ2n) is 4.90. The van der Waals surface area contributed by atoms with Crippen LogP contribution in [0.2, 0.25) is 0 Å². The van der Waals surface area contributed by atoms with Crippen LogP contribution in [-0.4, -0.2) is 45.9 Å². The Morgan fingerprint density at radius 1 is 1.38 bits per heavy atom. The lowest BCUT2D eigenvalue weighted by molar-refractivity contribution is -0.122. The predicted molar refractivity (Wildman–Crippen MR) is 78.6 cm³/mol. The molecule has 0 spiro atoms. The molecule has 21 heavy (non-hydrogen) atoms. The van der Waals surface area contributed by atoms with Crippen LogP contribution in [0.25, 0.3) is 0 Å². The van der Waals surface area contributed by atoms with Gasteiger partial charge in [-0.05, 0) is 17.7 Å². The van der Waals surface area contributed by atoms with Crippen molar-refractivity contribution in [3.8, 4) is 11.5 Å². The summed E-state index contributed by atoms with van der Waals surface area (Å²) >= 11 is 0. The van der Waals surface area contributed by atoms with Crippen molar-refractivity contribution in [3.63, 3.8) is 0 Å². The highest BCUT2D eigenvalue weighted by Gasteiger charge is 2.16. The normalized spacial score (nSPS) is 18.1. The van der Waals surface area contributed by atoms with Crippen molar-refractivity contribution < 1.29 is 19.0 Å². The average molecular weight is 294 g/mol. The van der Waals surface area contributed by atoms with Gasteiger partial charge in [-0.15, -0.1) is 0 Å². The highest BCUT2D eigenvalue weighted by atomic mass is 16.5. The molecule has 1 aliphatic rings. The number of carbonyl (C=O) groups excluding carboxylic acids is 1. The molecule has 2 N–H and O–H groups in total. The van der Waals surface area contributed by atoms with Crippen molar-refractivity contribution in [1.82, 2.24) is 10.6 Å². The van der Waals surface area contributed by atoms with Gasteiger partial charge in [0.25, 0.3) is 0 Å². The summed E-state index contributed by atoms with van der Waals surface area (Å²) in [4.78, 5) is 11.9. The van der Waals surface area contributed by atoms with E-state index >= 15 is 0 Å². The zero-order valence-electron chi connectivity index (χ0n) is 12.5. The van der Waals surface area contributed by atoms with Crippen molar-refractivity contribution in [3.05, 3.63) is 23.8 Å². The summed E-state index contributed by atoms with van der Waals surface area (Å²) in [6.45, 7) is 2.56. The van der Waals surface area contributed by atoms with Crippen LogP contribution in [0.3, 0.4) is 0 Å². The molecule has 1 aromatic rings. The first-order valence-electron chi connectivity index (χ1n) is 7.01. The van der Waals surface area contributed by atoms with Crippen molar-refractivity contribution in [2.45, 2.75) is 19.0 Å². The third kappa shape index (κ3) is 4.61. The molecule has 1 atom stereocenters. The fourth-order valence-corrected chi connectivity index (χ4v) is 2.24. The minimum Gasteiger partial charge on any atom is -0.493 e. The summed E-state index contributed by atoms with van der Waals surface area (Å²) in [7, 11) is 3.19. The van der Waals surface area contributed by atoms with E-state index in [0.717, 1.165) is 12.1 Å². The molecule has 1 heterocycles. The Morgan fingerprint density at radius 2 is 2.19 bits per heavy atom. The van der Waals surface area contributed by atoms with Crippen LogP contribution in [0, 0.1) is 0 Å². The molecule has 1 amide bonds. The number of methoxy groups -OCH3 is 2. The monoisotopic (exact) mass is 294 g/mol. The number of hydrogen-bond acceptors (Lipinski definition) is 5. The number of amides is 1. The van der Waals surface area contributed by atoms with E-state index in [2.05, 4.69) is 10.6 Å².